The molecule has 0 heterocycles. The summed E-state index contributed by atoms with van der Waals surface area (Å²) in [4.78, 5) is 45.2. The molecule has 1 saturated carbocycles. The molecule has 2 unspecified atom stereocenters. The molecule has 0 amide bonds. The molecule has 2 radical (unpaired) electrons. The van der Waals surface area contributed by atoms with Gasteiger partial charge in [0.2, 0.25) is 11.6 Å². The zero-order valence-electron chi connectivity index (χ0n) is 11.0. The van der Waals surface area contributed by atoms with E-state index in [9.17, 15) is 19.2 Å². The van der Waals surface area contributed by atoms with Crippen molar-refractivity contribution in [2.45, 2.75) is 13.3 Å². The SMILES string of the molecule is CCOC(=O)C1CC(C(=O)OC)C(=O)C1=O.[Na].[Na]. The molecule has 6 nitrogen and oxygen atoms in total. The Morgan fingerprint density at radius 2 is 1.56 bits per heavy atom. The number of rotatable bonds is 3. The van der Waals surface area contributed by atoms with Gasteiger partial charge >= 0.3 is 11.9 Å². The fourth-order valence-corrected chi connectivity index (χ4v) is 1.58. The largest absolute Gasteiger partial charge is 0.468 e. The minimum atomic E-state index is -1.16. The smallest absolute Gasteiger partial charge is 0.317 e. The first kappa shape index (κ1) is 20.6. The quantitative estimate of drug-likeness (QED) is 0.276. The summed E-state index contributed by atoms with van der Waals surface area (Å²) in [6.45, 7) is 1.72. The number of ketones is 2. The molecule has 0 saturated heterocycles. The first-order valence-electron chi connectivity index (χ1n) is 4.85. The van der Waals surface area contributed by atoms with Gasteiger partial charge in [-0.25, -0.2) is 0 Å². The molecule has 0 aromatic carbocycles. The molecule has 2 atom stereocenters. The van der Waals surface area contributed by atoms with Crippen LogP contribution in [-0.2, 0) is 28.7 Å². The standard InChI is InChI=1S/C10H12O6.2Na/c1-3-16-10(14)6-4-5(9(13)15-2)7(11)8(6)12;;/h5-6H,3-4H2,1-2H3;;. The Bertz CT molecular complexity index is 354. The Kier molecular flexibility index (Phi) is 10.6. The van der Waals surface area contributed by atoms with Gasteiger partial charge in [0, 0.05) is 59.1 Å². The van der Waals surface area contributed by atoms with Gasteiger partial charge < -0.3 is 9.47 Å². The fraction of sp³-hybridized carbons (Fsp3) is 0.600. The summed E-state index contributed by atoms with van der Waals surface area (Å²) >= 11 is 0. The van der Waals surface area contributed by atoms with Crippen LogP contribution >= 0.6 is 0 Å². The number of methoxy groups -OCH3 is 1. The number of carbonyl (C=O) groups is 4. The summed E-state index contributed by atoms with van der Waals surface area (Å²) in [5.74, 6) is -5.60. The summed E-state index contributed by atoms with van der Waals surface area (Å²) in [6.07, 6.45) is -0.150. The molecular formula is C10H12Na2O6. The van der Waals surface area contributed by atoms with Crippen molar-refractivity contribution in [1.82, 2.24) is 0 Å². The van der Waals surface area contributed by atoms with E-state index in [0.29, 0.717) is 0 Å². The van der Waals surface area contributed by atoms with E-state index in [2.05, 4.69) is 9.47 Å². The van der Waals surface area contributed by atoms with Crippen LogP contribution in [0.2, 0.25) is 0 Å². The average Bonchev–Trinajstić information content (AvgIpc) is 2.56. The van der Waals surface area contributed by atoms with E-state index in [4.69, 9.17) is 0 Å². The molecule has 0 aliphatic heterocycles. The summed E-state index contributed by atoms with van der Waals surface area (Å²) in [5.41, 5.74) is 0. The van der Waals surface area contributed by atoms with Crippen LogP contribution in [0, 0.1) is 11.8 Å². The Morgan fingerprint density at radius 3 is 1.94 bits per heavy atom. The number of carbonyl (C=O) groups excluding carboxylic acids is 4. The molecule has 8 heteroatoms. The van der Waals surface area contributed by atoms with E-state index >= 15 is 0 Å². The van der Waals surface area contributed by atoms with Crippen LogP contribution in [0.25, 0.3) is 0 Å². The van der Waals surface area contributed by atoms with Crippen LogP contribution in [0.15, 0.2) is 0 Å². The van der Waals surface area contributed by atoms with Gasteiger partial charge in [0.05, 0.1) is 13.7 Å². The molecule has 18 heavy (non-hydrogen) atoms. The van der Waals surface area contributed by atoms with Crippen molar-refractivity contribution in [2.24, 2.45) is 11.8 Å². The Labute approximate surface area is 149 Å². The summed E-state index contributed by atoms with van der Waals surface area (Å²) in [7, 11) is 1.12. The molecule has 1 aliphatic carbocycles. The van der Waals surface area contributed by atoms with Gasteiger partial charge in [0.1, 0.15) is 11.8 Å². The molecule has 0 bridgehead atoms. The number of esters is 2. The number of hydrogen-bond acceptors (Lipinski definition) is 6. The summed E-state index contributed by atoms with van der Waals surface area (Å²) < 4.78 is 9.02. The molecular weight excluding hydrogens is 262 g/mol. The second kappa shape index (κ2) is 9.23. The maximum atomic E-state index is 11.4. The van der Waals surface area contributed by atoms with Gasteiger partial charge in [-0.1, -0.05) is 0 Å². The van der Waals surface area contributed by atoms with Crippen LogP contribution in [0.1, 0.15) is 13.3 Å². The minimum absolute atomic E-state index is 0. The van der Waals surface area contributed by atoms with Crippen molar-refractivity contribution < 1.29 is 28.7 Å². The number of ether oxygens (including phenoxy) is 2. The second-order valence-electron chi connectivity index (χ2n) is 3.34. The van der Waals surface area contributed by atoms with E-state index in [1.807, 2.05) is 0 Å². The molecule has 0 aromatic heterocycles. The third-order valence-corrected chi connectivity index (χ3v) is 2.40. The maximum Gasteiger partial charge on any atom is 0.317 e. The summed E-state index contributed by atoms with van der Waals surface area (Å²) in [5, 5.41) is 0. The van der Waals surface area contributed by atoms with Gasteiger partial charge in [-0.15, -0.1) is 0 Å². The van der Waals surface area contributed by atoms with Gasteiger partial charge in [-0.05, 0) is 13.3 Å². The molecule has 1 fully saturated rings. The van der Waals surface area contributed by atoms with Crippen molar-refractivity contribution >= 4 is 82.6 Å². The maximum absolute atomic E-state index is 11.4. The molecule has 0 aromatic rings. The number of Topliss-reactive ketones (excluding diaryl/α,β-unsaturated/α-hetero) is 2. The third kappa shape index (κ3) is 4.43. The van der Waals surface area contributed by atoms with Crippen LogP contribution in [0.3, 0.4) is 0 Å². The van der Waals surface area contributed by atoms with Crippen molar-refractivity contribution in [3.05, 3.63) is 0 Å². The molecule has 1 rings (SSSR count). The molecule has 90 valence electrons. The fourth-order valence-electron chi connectivity index (χ4n) is 1.58. The van der Waals surface area contributed by atoms with Crippen molar-refractivity contribution in [3.8, 4) is 0 Å². The Hall–Kier alpha value is 0.280. The van der Waals surface area contributed by atoms with Crippen LogP contribution in [-0.4, -0.2) is 96.3 Å². The van der Waals surface area contributed by atoms with Gasteiger partial charge in [-0.3, -0.25) is 19.2 Å². The first-order chi connectivity index (χ1) is 7.52. The normalized spacial score (nSPS) is 21.7. The van der Waals surface area contributed by atoms with Crippen LogP contribution < -0.4 is 0 Å². The van der Waals surface area contributed by atoms with E-state index in [0.717, 1.165) is 7.11 Å². The second-order valence-corrected chi connectivity index (χ2v) is 3.34. The van der Waals surface area contributed by atoms with E-state index in [1.165, 1.54) is 0 Å². The predicted octanol–water partition coefficient (Wildman–Crippen LogP) is -1.26. The van der Waals surface area contributed by atoms with Gasteiger partial charge in [-0.2, -0.15) is 0 Å². The number of hydrogen-bond donors (Lipinski definition) is 0. The first-order valence-corrected chi connectivity index (χ1v) is 4.85. The minimum Gasteiger partial charge on any atom is -0.468 e. The van der Waals surface area contributed by atoms with Crippen LogP contribution in [0.4, 0.5) is 0 Å². The van der Waals surface area contributed by atoms with E-state index < -0.39 is 35.3 Å². The van der Waals surface area contributed by atoms with Crippen LogP contribution in [0.5, 0.6) is 0 Å². The molecule has 1 aliphatic rings. The van der Waals surface area contributed by atoms with Crippen molar-refractivity contribution in [2.75, 3.05) is 13.7 Å². The van der Waals surface area contributed by atoms with E-state index in [1.54, 1.807) is 6.92 Å². The molecule has 0 spiro atoms. The van der Waals surface area contributed by atoms with Gasteiger partial charge in [0.15, 0.2) is 0 Å². The molecule has 0 N–H and O–H groups in total. The predicted molar refractivity (Wildman–Crippen MR) is 61.8 cm³/mol. The van der Waals surface area contributed by atoms with E-state index in [-0.39, 0.29) is 72.1 Å². The van der Waals surface area contributed by atoms with Crippen molar-refractivity contribution in [3.63, 3.8) is 0 Å². The van der Waals surface area contributed by atoms with Crippen molar-refractivity contribution in [1.29, 1.82) is 0 Å². The zero-order chi connectivity index (χ0) is 12.3. The van der Waals surface area contributed by atoms with Gasteiger partial charge in [0.25, 0.3) is 0 Å². The Morgan fingerprint density at radius 1 is 1.11 bits per heavy atom. The topological polar surface area (TPSA) is 86.7 Å². The summed E-state index contributed by atoms with van der Waals surface area (Å²) in [6, 6.07) is 0. The Balaban J connectivity index is 0. The average molecular weight is 274 g/mol. The third-order valence-electron chi connectivity index (χ3n) is 2.40. The monoisotopic (exact) mass is 274 g/mol. The zero-order valence-corrected chi connectivity index (χ0v) is 15.0.